The number of rotatable bonds is 4. The Labute approximate surface area is 190 Å². The van der Waals surface area contributed by atoms with Crippen LogP contribution in [0.1, 0.15) is 32.6 Å². The number of H-pyrrole nitrogens is 1. The molecular formula is C23H26N8O2. The van der Waals surface area contributed by atoms with Crippen molar-refractivity contribution in [2.24, 2.45) is 5.41 Å². The zero-order valence-corrected chi connectivity index (χ0v) is 18.7. The van der Waals surface area contributed by atoms with E-state index in [0.717, 1.165) is 66.6 Å². The van der Waals surface area contributed by atoms with Crippen LogP contribution in [0, 0.1) is 5.41 Å². The van der Waals surface area contributed by atoms with Crippen LogP contribution in [0.5, 0.6) is 5.88 Å². The number of aromatic nitrogens is 6. The second-order valence-electron chi connectivity index (χ2n) is 9.25. The van der Waals surface area contributed by atoms with E-state index in [0.29, 0.717) is 23.3 Å². The van der Waals surface area contributed by atoms with E-state index in [4.69, 9.17) is 9.72 Å². The number of pyridine rings is 1. The van der Waals surface area contributed by atoms with E-state index >= 15 is 0 Å². The van der Waals surface area contributed by atoms with Gasteiger partial charge < -0.3 is 19.9 Å². The highest BCUT2D eigenvalue weighted by molar-refractivity contribution is 5.97. The van der Waals surface area contributed by atoms with Crippen LogP contribution in [0.15, 0.2) is 30.9 Å². The van der Waals surface area contributed by atoms with Crippen molar-refractivity contribution in [3.8, 4) is 17.0 Å². The van der Waals surface area contributed by atoms with E-state index in [2.05, 4.69) is 25.5 Å². The second-order valence-corrected chi connectivity index (χ2v) is 9.25. The number of ether oxygens (including phenoxy) is 1. The van der Waals surface area contributed by atoms with E-state index < -0.39 is 0 Å². The number of nitrogens with one attached hydrogen (secondary N) is 2. The zero-order valence-electron chi connectivity index (χ0n) is 18.7. The number of piperidine rings is 1. The van der Waals surface area contributed by atoms with Gasteiger partial charge in [0.25, 0.3) is 0 Å². The Morgan fingerprint density at radius 1 is 1.24 bits per heavy atom. The quantitative estimate of drug-likeness (QED) is 0.495. The number of methoxy groups -OCH3 is 1. The highest BCUT2D eigenvalue weighted by atomic mass is 16.5. The standard InChI is InChI=1S/C23H26N8O2/c1-14(32)30-7-5-23(6-8-30)9-16(10-23)26-22-27-20-19(21(28-22)33-2)17(11-24-20)15-3-4-18-29-25-13-31(18)12-15/h3-4,11-13,16H,5-10H2,1-2H3,(H2,24,26,27,28). The second kappa shape index (κ2) is 7.43. The third-order valence-electron chi connectivity index (χ3n) is 7.26. The van der Waals surface area contributed by atoms with E-state index in [1.165, 1.54) is 0 Å². The molecule has 0 bridgehead atoms. The fourth-order valence-electron chi connectivity index (χ4n) is 5.40. The highest BCUT2D eigenvalue weighted by Crippen LogP contribution is 2.50. The first-order chi connectivity index (χ1) is 16.0. The van der Waals surface area contributed by atoms with Gasteiger partial charge in [-0.25, -0.2) is 0 Å². The van der Waals surface area contributed by atoms with Crippen molar-refractivity contribution < 1.29 is 9.53 Å². The van der Waals surface area contributed by atoms with Crippen LogP contribution >= 0.6 is 0 Å². The summed E-state index contributed by atoms with van der Waals surface area (Å²) >= 11 is 0. The monoisotopic (exact) mass is 446 g/mol. The maximum Gasteiger partial charge on any atom is 0.228 e. The van der Waals surface area contributed by atoms with Crippen molar-refractivity contribution in [2.75, 3.05) is 25.5 Å². The molecule has 1 aliphatic heterocycles. The van der Waals surface area contributed by atoms with E-state index in [1.54, 1.807) is 20.4 Å². The predicted molar refractivity (Wildman–Crippen MR) is 123 cm³/mol. The third-order valence-corrected chi connectivity index (χ3v) is 7.26. The molecule has 33 heavy (non-hydrogen) atoms. The first-order valence-electron chi connectivity index (χ1n) is 11.3. The van der Waals surface area contributed by atoms with Gasteiger partial charge in [0.15, 0.2) is 5.65 Å². The summed E-state index contributed by atoms with van der Waals surface area (Å²) in [6.07, 6.45) is 9.90. The van der Waals surface area contributed by atoms with Crippen molar-refractivity contribution in [3.05, 3.63) is 30.9 Å². The van der Waals surface area contributed by atoms with Gasteiger partial charge in [-0.15, -0.1) is 10.2 Å². The summed E-state index contributed by atoms with van der Waals surface area (Å²) in [5.41, 5.74) is 3.82. The van der Waals surface area contributed by atoms with Gasteiger partial charge in [-0.2, -0.15) is 9.97 Å². The van der Waals surface area contributed by atoms with Gasteiger partial charge in [-0.1, -0.05) is 0 Å². The van der Waals surface area contributed by atoms with Crippen LogP contribution in [0.25, 0.3) is 27.8 Å². The van der Waals surface area contributed by atoms with Crippen LogP contribution in [0.3, 0.4) is 0 Å². The number of hydrogen-bond donors (Lipinski definition) is 2. The third kappa shape index (κ3) is 3.37. The summed E-state index contributed by atoms with van der Waals surface area (Å²) < 4.78 is 7.54. The lowest BCUT2D eigenvalue weighted by atomic mass is 9.60. The van der Waals surface area contributed by atoms with Crippen molar-refractivity contribution >= 4 is 28.5 Å². The molecule has 4 aromatic rings. The normalized spacial score (nSPS) is 18.1. The molecule has 1 aliphatic carbocycles. The first-order valence-corrected chi connectivity index (χ1v) is 11.3. The lowest BCUT2D eigenvalue weighted by Gasteiger charge is -2.52. The number of hydrogen-bond acceptors (Lipinski definition) is 7. The summed E-state index contributed by atoms with van der Waals surface area (Å²) in [5.74, 6) is 1.29. The molecule has 1 saturated heterocycles. The molecule has 5 heterocycles. The minimum Gasteiger partial charge on any atom is -0.480 e. The Morgan fingerprint density at radius 2 is 2.06 bits per heavy atom. The first kappa shape index (κ1) is 20.0. The number of carbonyl (C=O) groups is 1. The molecule has 4 aromatic heterocycles. The molecule has 1 amide bonds. The Hall–Kier alpha value is -3.69. The summed E-state index contributed by atoms with van der Waals surface area (Å²) in [5, 5.41) is 12.4. The molecule has 0 aromatic carbocycles. The number of anilines is 1. The summed E-state index contributed by atoms with van der Waals surface area (Å²) in [7, 11) is 1.63. The SMILES string of the molecule is COc1nc(NC2CC3(CCN(C(C)=O)CC3)C2)nc2[nH]cc(-c3ccc4nncn4c3)c12. The van der Waals surface area contributed by atoms with Gasteiger partial charge in [0.1, 0.15) is 12.0 Å². The highest BCUT2D eigenvalue weighted by Gasteiger charge is 2.46. The Bertz CT molecular complexity index is 1340. The molecule has 6 rings (SSSR count). The Balaban J connectivity index is 1.22. The van der Waals surface area contributed by atoms with Crippen LogP contribution in [-0.4, -0.2) is 66.6 Å². The molecule has 0 atom stereocenters. The predicted octanol–water partition coefficient (Wildman–Crippen LogP) is 2.88. The molecule has 1 saturated carbocycles. The van der Waals surface area contributed by atoms with E-state index in [1.807, 2.05) is 33.8 Å². The molecule has 0 unspecified atom stereocenters. The van der Waals surface area contributed by atoms with Gasteiger partial charge in [-0.3, -0.25) is 9.20 Å². The average Bonchev–Trinajstić information content (AvgIpc) is 3.44. The molecule has 2 N–H and O–H groups in total. The number of carbonyl (C=O) groups excluding carboxylic acids is 1. The van der Waals surface area contributed by atoms with Gasteiger partial charge in [0.05, 0.1) is 12.5 Å². The number of amides is 1. The molecule has 170 valence electrons. The lowest BCUT2D eigenvalue weighted by molar-refractivity contribution is -0.132. The van der Waals surface area contributed by atoms with Crippen molar-refractivity contribution in [2.45, 2.75) is 38.6 Å². The zero-order chi connectivity index (χ0) is 22.6. The number of nitrogens with zero attached hydrogens (tertiary/aromatic N) is 6. The minimum absolute atomic E-state index is 0.180. The molecular weight excluding hydrogens is 420 g/mol. The van der Waals surface area contributed by atoms with Crippen LogP contribution in [0.2, 0.25) is 0 Å². The Kier molecular flexibility index (Phi) is 4.49. The maximum atomic E-state index is 11.6. The van der Waals surface area contributed by atoms with Gasteiger partial charge in [-0.05, 0) is 43.2 Å². The van der Waals surface area contributed by atoms with Crippen molar-refractivity contribution in [1.29, 1.82) is 0 Å². The minimum atomic E-state index is 0.180. The summed E-state index contributed by atoms with van der Waals surface area (Å²) in [6, 6.07) is 4.27. The van der Waals surface area contributed by atoms with Gasteiger partial charge in [0.2, 0.25) is 17.7 Å². The van der Waals surface area contributed by atoms with E-state index in [-0.39, 0.29) is 5.91 Å². The molecule has 1 spiro atoms. The Morgan fingerprint density at radius 3 is 2.82 bits per heavy atom. The number of aromatic amines is 1. The summed E-state index contributed by atoms with van der Waals surface area (Å²) in [6.45, 7) is 3.39. The largest absolute Gasteiger partial charge is 0.480 e. The molecule has 10 heteroatoms. The van der Waals surface area contributed by atoms with Crippen molar-refractivity contribution in [1.82, 2.24) is 34.4 Å². The smallest absolute Gasteiger partial charge is 0.228 e. The van der Waals surface area contributed by atoms with Gasteiger partial charge in [0, 0.05) is 49.6 Å². The molecule has 2 aliphatic rings. The molecule has 10 nitrogen and oxygen atoms in total. The fraction of sp³-hybridized carbons (Fsp3) is 0.435. The van der Waals surface area contributed by atoms with E-state index in [9.17, 15) is 4.79 Å². The molecule has 0 radical (unpaired) electrons. The van der Waals surface area contributed by atoms with Crippen LogP contribution < -0.4 is 10.1 Å². The maximum absolute atomic E-state index is 11.6. The topological polar surface area (TPSA) is 113 Å². The van der Waals surface area contributed by atoms with Crippen molar-refractivity contribution in [3.63, 3.8) is 0 Å². The number of likely N-dealkylation sites (tertiary alicyclic amines) is 1. The summed E-state index contributed by atoms with van der Waals surface area (Å²) in [4.78, 5) is 26.2. The average molecular weight is 447 g/mol. The van der Waals surface area contributed by atoms with Crippen LogP contribution in [0.4, 0.5) is 5.95 Å². The van der Waals surface area contributed by atoms with Crippen LogP contribution in [-0.2, 0) is 4.79 Å². The van der Waals surface area contributed by atoms with Gasteiger partial charge >= 0.3 is 0 Å². The molecule has 2 fully saturated rings. The number of fused-ring (bicyclic) bond motifs is 2. The lowest BCUT2D eigenvalue weighted by Crippen LogP contribution is -2.52. The fourth-order valence-corrected chi connectivity index (χ4v) is 5.40.